The van der Waals surface area contributed by atoms with Crippen molar-refractivity contribution in [3.8, 4) is 0 Å². The summed E-state index contributed by atoms with van der Waals surface area (Å²) in [6.07, 6.45) is 3.06. The molecule has 0 spiro atoms. The molecule has 2 aromatic carbocycles. The van der Waals surface area contributed by atoms with Crippen LogP contribution in [0.5, 0.6) is 0 Å². The molecule has 2 heterocycles. The first kappa shape index (κ1) is 18.4. The summed E-state index contributed by atoms with van der Waals surface area (Å²) in [5.41, 5.74) is 4.13. The number of anilines is 1. The lowest BCUT2D eigenvalue weighted by atomic mass is 10.0. The van der Waals surface area contributed by atoms with E-state index in [4.69, 9.17) is 4.84 Å². The van der Waals surface area contributed by atoms with Crippen LogP contribution in [0.3, 0.4) is 0 Å². The molecule has 1 aromatic heterocycles. The summed E-state index contributed by atoms with van der Waals surface area (Å²) in [5, 5.41) is 19.6. The molecule has 2 N–H and O–H groups in total. The van der Waals surface area contributed by atoms with E-state index in [0.717, 1.165) is 16.7 Å². The van der Waals surface area contributed by atoms with Crippen molar-refractivity contribution in [3.63, 3.8) is 0 Å². The number of aromatic nitrogens is 1. The zero-order valence-electron chi connectivity index (χ0n) is 15.4. The highest BCUT2D eigenvalue weighted by molar-refractivity contribution is 6.12. The predicted molar refractivity (Wildman–Crippen MR) is 109 cm³/mol. The maximum atomic E-state index is 12.5. The van der Waals surface area contributed by atoms with Gasteiger partial charge in [0, 0.05) is 41.2 Å². The van der Waals surface area contributed by atoms with Gasteiger partial charge in [-0.3, -0.25) is 9.78 Å². The number of hydrogen-bond donors (Lipinski definition) is 2. The first-order valence-electron chi connectivity index (χ1n) is 9.06. The Morgan fingerprint density at radius 1 is 1.03 bits per heavy atom. The lowest BCUT2D eigenvalue weighted by Gasteiger charge is -2.10. The topological polar surface area (TPSA) is 96.2 Å². The fourth-order valence-corrected chi connectivity index (χ4v) is 3.03. The fourth-order valence-electron chi connectivity index (χ4n) is 3.03. The monoisotopic (exact) mass is 386 g/mol. The van der Waals surface area contributed by atoms with Crippen molar-refractivity contribution in [2.45, 2.75) is 12.5 Å². The Bertz CT molecular complexity index is 1050. The van der Waals surface area contributed by atoms with Gasteiger partial charge in [-0.05, 0) is 24.3 Å². The van der Waals surface area contributed by atoms with E-state index in [1.807, 2.05) is 42.5 Å². The van der Waals surface area contributed by atoms with Gasteiger partial charge >= 0.3 is 0 Å². The average molecular weight is 386 g/mol. The third-order valence-electron chi connectivity index (χ3n) is 4.53. The van der Waals surface area contributed by atoms with Gasteiger partial charge < -0.3 is 15.4 Å². The maximum absolute atomic E-state index is 12.5. The lowest BCUT2D eigenvalue weighted by Crippen LogP contribution is -2.28. The number of carbonyl (C=O) groups excluding carboxylic acids is 1. The molecule has 144 valence electrons. The standard InChI is InChI=1S/C22H18N4O3/c27-22(20-13-19(26-29-20)17-7-4-12-23-14-17)24-18-10-8-16(9-11-18)21(25-28)15-5-2-1-3-6-15/h1-12,14,20,28H,13H2,(H,24,27)/b25-21+. The van der Waals surface area contributed by atoms with Crippen LogP contribution >= 0.6 is 0 Å². The van der Waals surface area contributed by atoms with Crippen LogP contribution in [-0.4, -0.2) is 33.6 Å². The van der Waals surface area contributed by atoms with E-state index in [-0.39, 0.29) is 5.91 Å². The minimum Gasteiger partial charge on any atom is -0.410 e. The van der Waals surface area contributed by atoms with Crippen molar-refractivity contribution in [1.29, 1.82) is 0 Å². The molecule has 0 radical (unpaired) electrons. The number of nitrogens with zero attached hydrogens (tertiary/aromatic N) is 3. The van der Waals surface area contributed by atoms with E-state index in [1.165, 1.54) is 0 Å². The summed E-state index contributed by atoms with van der Waals surface area (Å²) >= 11 is 0. The van der Waals surface area contributed by atoms with Crippen molar-refractivity contribution in [2.75, 3.05) is 5.32 Å². The molecule has 0 aliphatic carbocycles. The number of oxime groups is 2. The van der Waals surface area contributed by atoms with Gasteiger partial charge in [0.05, 0.1) is 5.71 Å². The Hall–Kier alpha value is -4.00. The van der Waals surface area contributed by atoms with Crippen molar-refractivity contribution >= 4 is 23.0 Å². The number of pyridine rings is 1. The van der Waals surface area contributed by atoms with Crippen LogP contribution < -0.4 is 5.32 Å². The maximum Gasteiger partial charge on any atom is 0.268 e. The molecule has 0 bridgehead atoms. The third kappa shape index (κ3) is 4.14. The lowest BCUT2D eigenvalue weighted by molar-refractivity contribution is -0.125. The molecule has 7 nitrogen and oxygen atoms in total. The van der Waals surface area contributed by atoms with Crippen LogP contribution in [0, 0.1) is 0 Å². The fraction of sp³-hybridized carbons (Fsp3) is 0.0909. The van der Waals surface area contributed by atoms with Gasteiger partial charge in [-0.1, -0.05) is 52.8 Å². The van der Waals surface area contributed by atoms with Crippen LogP contribution in [0.1, 0.15) is 23.1 Å². The van der Waals surface area contributed by atoms with Crippen LogP contribution in [0.15, 0.2) is 89.4 Å². The second kappa shape index (κ2) is 8.35. The Morgan fingerprint density at radius 2 is 1.79 bits per heavy atom. The summed E-state index contributed by atoms with van der Waals surface area (Å²) < 4.78 is 0. The largest absolute Gasteiger partial charge is 0.410 e. The summed E-state index contributed by atoms with van der Waals surface area (Å²) in [7, 11) is 0. The number of amides is 1. The molecule has 1 unspecified atom stereocenters. The number of hydrogen-bond acceptors (Lipinski definition) is 6. The van der Waals surface area contributed by atoms with Gasteiger partial charge in [0.1, 0.15) is 5.71 Å². The Kier molecular flexibility index (Phi) is 5.29. The highest BCUT2D eigenvalue weighted by Gasteiger charge is 2.29. The summed E-state index contributed by atoms with van der Waals surface area (Å²) in [6.45, 7) is 0. The van der Waals surface area contributed by atoms with Crippen LogP contribution in [0.2, 0.25) is 0 Å². The molecular formula is C22H18N4O3. The van der Waals surface area contributed by atoms with E-state index in [0.29, 0.717) is 23.5 Å². The van der Waals surface area contributed by atoms with Gasteiger partial charge in [-0.25, -0.2) is 0 Å². The Balaban J connectivity index is 1.40. The zero-order valence-corrected chi connectivity index (χ0v) is 15.4. The SMILES string of the molecule is O=C(Nc1ccc(/C(=N/O)c2ccccc2)cc1)C1CC(c2cccnc2)=NO1. The van der Waals surface area contributed by atoms with Crippen molar-refractivity contribution in [3.05, 3.63) is 95.8 Å². The van der Waals surface area contributed by atoms with Crippen molar-refractivity contribution in [2.24, 2.45) is 10.3 Å². The molecule has 7 heteroatoms. The molecule has 1 amide bonds. The predicted octanol–water partition coefficient (Wildman–Crippen LogP) is 3.44. The molecule has 1 atom stereocenters. The molecule has 1 aliphatic rings. The summed E-state index contributed by atoms with van der Waals surface area (Å²) in [4.78, 5) is 21.8. The smallest absolute Gasteiger partial charge is 0.268 e. The highest BCUT2D eigenvalue weighted by Crippen LogP contribution is 2.19. The van der Waals surface area contributed by atoms with Gasteiger partial charge in [0.2, 0.25) is 6.10 Å². The molecule has 29 heavy (non-hydrogen) atoms. The molecule has 4 rings (SSSR count). The summed E-state index contributed by atoms with van der Waals surface area (Å²) in [6, 6.07) is 20.1. The average Bonchev–Trinajstić information content (AvgIpc) is 3.27. The van der Waals surface area contributed by atoms with Crippen molar-refractivity contribution < 1.29 is 14.8 Å². The van der Waals surface area contributed by atoms with Crippen LogP contribution in [0.4, 0.5) is 5.69 Å². The van der Waals surface area contributed by atoms with Crippen LogP contribution in [0.25, 0.3) is 0 Å². The molecule has 0 saturated carbocycles. The number of benzene rings is 2. The van der Waals surface area contributed by atoms with Crippen LogP contribution in [-0.2, 0) is 9.63 Å². The van der Waals surface area contributed by atoms with E-state index in [2.05, 4.69) is 20.6 Å². The zero-order chi connectivity index (χ0) is 20.1. The van der Waals surface area contributed by atoms with Gasteiger partial charge in [-0.15, -0.1) is 0 Å². The quantitative estimate of drug-likeness (QED) is 0.399. The first-order chi connectivity index (χ1) is 14.2. The van der Waals surface area contributed by atoms with Gasteiger partial charge in [0.25, 0.3) is 5.91 Å². The van der Waals surface area contributed by atoms with Gasteiger partial charge in [-0.2, -0.15) is 0 Å². The van der Waals surface area contributed by atoms with E-state index in [1.54, 1.807) is 36.7 Å². The third-order valence-corrected chi connectivity index (χ3v) is 4.53. The molecule has 3 aromatic rings. The summed E-state index contributed by atoms with van der Waals surface area (Å²) in [5.74, 6) is -0.278. The first-order valence-corrected chi connectivity index (χ1v) is 9.06. The number of rotatable bonds is 5. The second-order valence-corrected chi connectivity index (χ2v) is 6.46. The van der Waals surface area contributed by atoms with E-state index >= 15 is 0 Å². The minimum absolute atomic E-state index is 0.278. The Morgan fingerprint density at radius 3 is 2.48 bits per heavy atom. The molecule has 0 saturated heterocycles. The molecular weight excluding hydrogens is 368 g/mol. The van der Waals surface area contributed by atoms with E-state index in [9.17, 15) is 10.0 Å². The van der Waals surface area contributed by atoms with Crippen molar-refractivity contribution in [1.82, 2.24) is 4.98 Å². The highest BCUT2D eigenvalue weighted by atomic mass is 16.6. The Labute approximate surface area is 167 Å². The van der Waals surface area contributed by atoms with Gasteiger partial charge in [0.15, 0.2) is 0 Å². The second-order valence-electron chi connectivity index (χ2n) is 6.46. The normalized spacial score (nSPS) is 16.1. The minimum atomic E-state index is -0.691. The number of nitrogens with one attached hydrogen (secondary N) is 1. The number of carbonyl (C=O) groups is 1. The van der Waals surface area contributed by atoms with E-state index < -0.39 is 6.10 Å². The molecule has 0 fully saturated rings. The molecule has 1 aliphatic heterocycles.